The number of hydrogen-bond donors (Lipinski definition) is 1. The average Bonchev–Trinajstić information content (AvgIpc) is 2.23. The van der Waals surface area contributed by atoms with E-state index in [-0.39, 0.29) is 0 Å². The zero-order valence-corrected chi connectivity index (χ0v) is 10.3. The van der Waals surface area contributed by atoms with Crippen LogP contribution < -0.4 is 5.73 Å². The van der Waals surface area contributed by atoms with Gasteiger partial charge in [-0.25, -0.2) is 0 Å². The van der Waals surface area contributed by atoms with E-state index in [4.69, 9.17) is 5.73 Å². The van der Waals surface area contributed by atoms with Crippen molar-refractivity contribution in [2.75, 3.05) is 14.1 Å². The summed E-state index contributed by atoms with van der Waals surface area (Å²) in [5.41, 5.74) is 8.28. The molecule has 1 saturated carbocycles. The molecule has 1 aliphatic carbocycles. The van der Waals surface area contributed by atoms with Crippen LogP contribution in [0.25, 0.3) is 0 Å². The third-order valence-corrected chi connectivity index (χ3v) is 3.71. The van der Waals surface area contributed by atoms with E-state index in [9.17, 15) is 0 Å². The van der Waals surface area contributed by atoms with Crippen LogP contribution in [0.1, 0.15) is 36.4 Å². The van der Waals surface area contributed by atoms with E-state index in [0.717, 1.165) is 5.92 Å². The third kappa shape index (κ3) is 2.28. The van der Waals surface area contributed by atoms with E-state index < -0.39 is 0 Å². The molecule has 1 aromatic rings. The summed E-state index contributed by atoms with van der Waals surface area (Å²) in [5, 5.41) is 0. The van der Waals surface area contributed by atoms with Gasteiger partial charge in [-0.15, -0.1) is 0 Å². The van der Waals surface area contributed by atoms with Gasteiger partial charge in [-0.2, -0.15) is 0 Å². The van der Waals surface area contributed by atoms with E-state index in [1.54, 1.807) is 0 Å². The number of rotatable bonds is 4. The minimum absolute atomic E-state index is 0.584. The second-order valence-corrected chi connectivity index (χ2v) is 5.05. The second-order valence-electron chi connectivity index (χ2n) is 5.05. The lowest BCUT2D eigenvalue weighted by molar-refractivity contribution is 0.142. The van der Waals surface area contributed by atoms with Crippen molar-refractivity contribution in [3.05, 3.63) is 35.4 Å². The van der Waals surface area contributed by atoms with Crippen molar-refractivity contribution in [2.45, 2.75) is 31.8 Å². The van der Waals surface area contributed by atoms with E-state index >= 15 is 0 Å². The maximum atomic E-state index is 5.62. The molecular weight excluding hydrogens is 196 g/mol. The van der Waals surface area contributed by atoms with Gasteiger partial charge in [0.1, 0.15) is 0 Å². The fraction of sp³-hybridized carbons (Fsp3) is 0.571. The molecule has 1 unspecified atom stereocenters. The van der Waals surface area contributed by atoms with Gasteiger partial charge in [0.15, 0.2) is 0 Å². The van der Waals surface area contributed by atoms with Crippen LogP contribution in [0.4, 0.5) is 0 Å². The Kier molecular flexibility index (Phi) is 3.62. The molecule has 0 aliphatic heterocycles. The van der Waals surface area contributed by atoms with Crippen molar-refractivity contribution in [2.24, 2.45) is 11.7 Å². The predicted molar refractivity (Wildman–Crippen MR) is 68.1 cm³/mol. The quantitative estimate of drug-likeness (QED) is 0.841. The Morgan fingerprint density at radius 2 is 1.88 bits per heavy atom. The maximum Gasteiger partial charge on any atom is 0.0370 e. The molecule has 1 fully saturated rings. The summed E-state index contributed by atoms with van der Waals surface area (Å²) in [6.07, 6.45) is 4.15. The Morgan fingerprint density at radius 3 is 2.25 bits per heavy atom. The van der Waals surface area contributed by atoms with Gasteiger partial charge in [0.2, 0.25) is 0 Å². The molecule has 0 spiro atoms. The van der Waals surface area contributed by atoms with Crippen LogP contribution in [-0.4, -0.2) is 19.0 Å². The standard InChI is InChI=1S/C14H22N2/c1-16(2)14(12-4-3-5-12)13-8-6-11(10-15)7-9-13/h6-9,12,14H,3-5,10,15H2,1-2H3. The van der Waals surface area contributed by atoms with E-state index in [1.807, 2.05) is 0 Å². The van der Waals surface area contributed by atoms with Gasteiger partial charge in [-0.1, -0.05) is 30.7 Å². The highest BCUT2D eigenvalue weighted by molar-refractivity contribution is 5.25. The summed E-state index contributed by atoms with van der Waals surface area (Å²) >= 11 is 0. The first-order chi connectivity index (χ1) is 7.72. The molecule has 0 amide bonds. The summed E-state index contributed by atoms with van der Waals surface area (Å²) in [6, 6.07) is 9.38. The van der Waals surface area contributed by atoms with Crippen molar-refractivity contribution >= 4 is 0 Å². The molecule has 0 aromatic heterocycles. The van der Waals surface area contributed by atoms with Crippen LogP contribution in [0, 0.1) is 5.92 Å². The first kappa shape index (κ1) is 11.6. The Labute approximate surface area is 98.4 Å². The lowest BCUT2D eigenvalue weighted by Crippen LogP contribution is -2.31. The van der Waals surface area contributed by atoms with E-state index in [1.165, 1.54) is 30.4 Å². The van der Waals surface area contributed by atoms with Crippen LogP contribution in [0.15, 0.2) is 24.3 Å². The van der Waals surface area contributed by atoms with Gasteiger partial charge in [0, 0.05) is 12.6 Å². The van der Waals surface area contributed by atoms with Crippen molar-refractivity contribution < 1.29 is 0 Å². The van der Waals surface area contributed by atoms with Crippen molar-refractivity contribution in [1.82, 2.24) is 4.90 Å². The van der Waals surface area contributed by atoms with Crippen molar-refractivity contribution in [3.63, 3.8) is 0 Å². The molecule has 1 aromatic carbocycles. The monoisotopic (exact) mass is 218 g/mol. The fourth-order valence-corrected chi connectivity index (χ4v) is 2.60. The molecule has 0 radical (unpaired) electrons. The fourth-order valence-electron chi connectivity index (χ4n) is 2.60. The summed E-state index contributed by atoms with van der Waals surface area (Å²) in [6.45, 7) is 0.635. The zero-order chi connectivity index (χ0) is 11.5. The van der Waals surface area contributed by atoms with Gasteiger partial charge in [-0.05, 0) is 44.0 Å². The molecule has 0 saturated heterocycles. The first-order valence-corrected chi connectivity index (χ1v) is 6.17. The van der Waals surface area contributed by atoms with Crippen LogP contribution in [0.2, 0.25) is 0 Å². The van der Waals surface area contributed by atoms with Crippen molar-refractivity contribution in [1.29, 1.82) is 0 Å². The molecule has 2 rings (SSSR count). The lowest BCUT2D eigenvalue weighted by Gasteiger charge is -2.38. The maximum absolute atomic E-state index is 5.62. The Bertz CT molecular complexity index is 325. The van der Waals surface area contributed by atoms with Gasteiger partial charge in [0.25, 0.3) is 0 Å². The number of nitrogens with two attached hydrogens (primary N) is 1. The Balaban J connectivity index is 2.17. The number of benzene rings is 1. The summed E-state index contributed by atoms with van der Waals surface area (Å²) in [5.74, 6) is 0.846. The molecule has 0 bridgehead atoms. The average molecular weight is 218 g/mol. The van der Waals surface area contributed by atoms with Crippen LogP contribution in [-0.2, 0) is 6.54 Å². The molecule has 16 heavy (non-hydrogen) atoms. The minimum atomic E-state index is 0.584. The second kappa shape index (κ2) is 4.98. The van der Waals surface area contributed by atoms with Crippen LogP contribution in [0.3, 0.4) is 0 Å². The summed E-state index contributed by atoms with van der Waals surface area (Å²) < 4.78 is 0. The molecule has 2 N–H and O–H groups in total. The molecule has 1 aliphatic rings. The molecule has 88 valence electrons. The highest BCUT2D eigenvalue weighted by Crippen LogP contribution is 2.40. The predicted octanol–water partition coefficient (Wildman–Crippen LogP) is 2.55. The lowest BCUT2D eigenvalue weighted by atomic mass is 9.76. The Morgan fingerprint density at radius 1 is 1.25 bits per heavy atom. The third-order valence-electron chi connectivity index (χ3n) is 3.71. The molecule has 2 heteroatoms. The van der Waals surface area contributed by atoms with Gasteiger partial charge in [0.05, 0.1) is 0 Å². The minimum Gasteiger partial charge on any atom is -0.326 e. The van der Waals surface area contributed by atoms with Gasteiger partial charge < -0.3 is 10.6 Å². The van der Waals surface area contributed by atoms with Gasteiger partial charge >= 0.3 is 0 Å². The SMILES string of the molecule is CN(C)C(c1ccc(CN)cc1)C1CCC1. The van der Waals surface area contributed by atoms with E-state index in [2.05, 4.69) is 43.3 Å². The topological polar surface area (TPSA) is 29.3 Å². The Hall–Kier alpha value is -0.860. The summed E-state index contributed by atoms with van der Waals surface area (Å²) in [7, 11) is 4.36. The van der Waals surface area contributed by atoms with Crippen LogP contribution >= 0.6 is 0 Å². The van der Waals surface area contributed by atoms with Crippen molar-refractivity contribution in [3.8, 4) is 0 Å². The smallest absolute Gasteiger partial charge is 0.0370 e. The van der Waals surface area contributed by atoms with Crippen LogP contribution in [0.5, 0.6) is 0 Å². The molecule has 0 heterocycles. The number of nitrogens with zero attached hydrogens (tertiary/aromatic N) is 1. The largest absolute Gasteiger partial charge is 0.326 e. The highest BCUT2D eigenvalue weighted by Gasteiger charge is 2.29. The first-order valence-electron chi connectivity index (χ1n) is 6.17. The van der Waals surface area contributed by atoms with Gasteiger partial charge in [-0.3, -0.25) is 0 Å². The number of hydrogen-bond acceptors (Lipinski definition) is 2. The normalized spacial score (nSPS) is 18.5. The summed E-state index contributed by atoms with van der Waals surface area (Å²) in [4.78, 5) is 2.35. The molecule has 1 atom stereocenters. The molecular formula is C14H22N2. The zero-order valence-electron chi connectivity index (χ0n) is 10.3. The molecule has 2 nitrogen and oxygen atoms in total. The van der Waals surface area contributed by atoms with E-state index in [0.29, 0.717) is 12.6 Å². The highest BCUT2D eigenvalue weighted by atomic mass is 15.1.